The van der Waals surface area contributed by atoms with Gasteiger partial charge in [-0.3, -0.25) is 4.99 Å². The molecule has 0 spiro atoms. The molecule has 2 nitrogen and oxygen atoms in total. The van der Waals surface area contributed by atoms with E-state index in [0.717, 1.165) is 5.75 Å². The van der Waals surface area contributed by atoms with Crippen LogP contribution in [0.1, 0.15) is 52.5 Å². The molecule has 0 heterocycles. The van der Waals surface area contributed by atoms with Gasteiger partial charge in [0, 0.05) is 11.9 Å². The highest BCUT2D eigenvalue weighted by atomic mass is 16.5. The lowest BCUT2D eigenvalue weighted by Gasteiger charge is -2.09. The quantitative estimate of drug-likeness (QED) is 0.614. The number of methoxy groups -OCH3 is 1. The lowest BCUT2D eigenvalue weighted by Crippen LogP contribution is -2.06. The molecule has 0 saturated carbocycles. The molecule has 0 saturated heterocycles. The van der Waals surface area contributed by atoms with Crippen LogP contribution in [-0.4, -0.2) is 12.8 Å². The molecule has 0 bridgehead atoms. The van der Waals surface area contributed by atoms with Crippen molar-refractivity contribution in [3.8, 4) is 5.75 Å². The van der Waals surface area contributed by atoms with Gasteiger partial charge < -0.3 is 4.74 Å². The van der Waals surface area contributed by atoms with Crippen molar-refractivity contribution in [1.29, 1.82) is 0 Å². The number of aliphatic imine (C=N–C) groups is 1. The molecule has 0 amide bonds. The van der Waals surface area contributed by atoms with E-state index in [9.17, 15) is 0 Å². The van der Waals surface area contributed by atoms with Crippen molar-refractivity contribution >= 4 is 11.3 Å². The first kappa shape index (κ1) is 16.5. The fourth-order valence-corrected chi connectivity index (χ4v) is 1.97. The molecule has 0 aromatic heterocycles. The van der Waals surface area contributed by atoms with Gasteiger partial charge in [-0.25, -0.2) is 0 Å². The van der Waals surface area contributed by atoms with E-state index in [4.69, 9.17) is 4.74 Å². The Balaban J connectivity index is 2.71. The summed E-state index contributed by atoms with van der Waals surface area (Å²) < 4.78 is 5.17. The summed E-state index contributed by atoms with van der Waals surface area (Å²) in [7, 11) is 1.68. The van der Waals surface area contributed by atoms with Gasteiger partial charge in [-0.2, -0.15) is 0 Å². The van der Waals surface area contributed by atoms with Crippen molar-refractivity contribution in [2.75, 3.05) is 7.11 Å². The average Bonchev–Trinajstić information content (AvgIpc) is 2.49. The van der Waals surface area contributed by atoms with Crippen molar-refractivity contribution < 1.29 is 4.74 Å². The molecule has 2 heteroatoms. The Morgan fingerprint density at radius 2 is 1.90 bits per heavy atom. The smallest absolute Gasteiger partial charge is 0.118 e. The number of ether oxygens (including phenoxy) is 1. The highest BCUT2D eigenvalue weighted by Gasteiger charge is 2.04. The highest BCUT2D eigenvalue weighted by molar-refractivity contribution is 5.85. The minimum absolute atomic E-state index is 0.565. The van der Waals surface area contributed by atoms with Crippen LogP contribution in [0.2, 0.25) is 0 Å². The summed E-state index contributed by atoms with van der Waals surface area (Å²) >= 11 is 0. The number of unbranched alkanes of at least 4 members (excludes halogenated alkanes) is 1. The minimum atomic E-state index is 0.565. The average molecular weight is 273 g/mol. The lowest BCUT2D eigenvalue weighted by atomic mass is 10.00. The van der Waals surface area contributed by atoms with Crippen LogP contribution in [0.3, 0.4) is 0 Å². The van der Waals surface area contributed by atoms with E-state index in [1.807, 2.05) is 18.3 Å². The summed E-state index contributed by atoms with van der Waals surface area (Å²) in [6, 6.07) is 8.09. The lowest BCUT2D eigenvalue weighted by molar-refractivity contribution is 0.415. The topological polar surface area (TPSA) is 21.6 Å². The largest absolute Gasteiger partial charge is 0.497 e. The zero-order chi connectivity index (χ0) is 15.0. The van der Waals surface area contributed by atoms with Crippen LogP contribution in [0, 0.1) is 5.92 Å². The molecule has 0 fully saturated rings. The maximum atomic E-state index is 5.17. The van der Waals surface area contributed by atoms with Gasteiger partial charge in [-0.15, -0.1) is 0 Å². The van der Waals surface area contributed by atoms with Gasteiger partial charge in [0.25, 0.3) is 0 Å². The third-order valence-electron chi connectivity index (χ3n) is 3.71. The second-order valence-corrected chi connectivity index (χ2v) is 5.35. The molecule has 20 heavy (non-hydrogen) atoms. The molecule has 0 N–H and O–H groups in total. The van der Waals surface area contributed by atoms with Crippen molar-refractivity contribution in [3.63, 3.8) is 0 Å². The Bertz CT molecular complexity index is 457. The van der Waals surface area contributed by atoms with Crippen molar-refractivity contribution in [1.82, 2.24) is 0 Å². The first-order valence-corrected chi connectivity index (χ1v) is 7.44. The Hall–Kier alpha value is -1.57. The summed E-state index contributed by atoms with van der Waals surface area (Å²) in [5.74, 6) is 1.45. The van der Waals surface area contributed by atoms with E-state index in [0.29, 0.717) is 5.92 Å². The Labute approximate surface area is 123 Å². The Kier molecular flexibility index (Phi) is 7.06. The van der Waals surface area contributed by atoms with Crippen molar-refractivity contribution in [2.45, 2.75) is 47.0 Å². The molecule has 0 radical (unpaired) electrons. The third-order valence-corrected chi connectivity index (χ3v) is 3.71. The molecular weight excluding hydrogens is 246 g/mol. The second kappa shape index (κ2) is 8.57. The van der Waals surface area contributed by atoms with Crippen LogP contribution in [0.25, 0.3) is 5.57 Å². The first-order chi connectivity index (χ1) is 9.58. The van der Waals surface area contributed by atoms with E-state index in [-0.39, 0.29) is 0 Å². The number of nitrogens with zero attached hydrogens (tertiary/aromatic N) is 1. The van der Waals surface area contributed by atoms with Crippen molar-refractivity contribution in [2.24, 2.45) is 10.9 Å². The van der Waals surface area contributed by atoms with E-state index >= 15 is 0 Å². The monoisotopic (exact) mass is 273 g/mol. The van der Waals surface area contributed by atoms with E-state index in [2.05, 4.69) is 44.8 Å². The Morgan fingerprint density at radius 1 is 1.25 bits per heavy atom. The second-order valence-electron chi connectivity index (χ2n) is 5.35. The number of hydrogen-bond donors (Lipinski definition) is 0. The molecule has 1 aromatic rings. The van der Waals surface area contributed by atoms with E-state index < -0.39 is 0 Å². The zero-order valence-corrected chi connectivity index (χ0v) is 13.4. The molecule has 0 aliphatic heterocycles. The predicted octanol–water partition coefficient (Wildman–Crippen LogP) is 5.34. The third kappa shape index (κ3) is 5.20. The molecule has 1 unspecified atom stereocenters. The molecule has 1 atom stereocenters. The molecule has 1 rings (SSSR count). The fourth-order valence-electron chi connectivity index (χ4n) is 1.97. The molecule has 110 valence electrons. The summed E-state index contributed by atoms with van der Waals surface area (Å²) in [4.78, 5) is 4.62. The van der Waals surface area contributed by atoms with Crippen LogP contribution in [0.4, 0.5) is 0 Å². The minimum Gasteiger partial charge on any atom is -0.497 e. The summed E-state index contributed by atoms with van der Waals surface area (Å²) in [6.07, 6.45) is 5.72. The maximum absolute atomic E-state index is 5.17. The predicted molar refractivity (Wildman–Crippen MR) is 88.4 cm³/mol. The summed E-state index contributed by atoms with van der Waals surface area (Å²) in [6.45, 7) is 8.70. The fraction of sp³-hybridized carbons (Fsp3) is 0.500. The van der Waals surface area contributed by atoms with Crippen LogP contribution < -0.4 is 4.74 Å². The van der Waals surface area contributed by atoms with Gasteiger partial charge in [-0.1, -0.05) is 38.8 Å². The standard InChI is InChI=1S/C18H27NO/c1-6-7-8-14(2)16(4)19-13-15(3)17-9-11-18(20-5)12-10-17/h9-14H,6-8H2,1-5H3/b15-13+,19-16?. The normalized spacial score (nSPS) is 14.2. The SMILES string of the molecule is CCCCC(C)C(C)=N/C=C(\C)c1ccc(OC)cc1. The van der Waals surface area contributed by atoms with Crippen LogP contribution in [0.5, 0.6) is 5.75 Å². The van der Waals surface area contributed by atoms with Crippen LogP contribution in [-0.2, 0) is 0 Å². The van der Waals surface area contributed by atoms with Gasteiger partial charge in [0.05, 0.1) is 7.11 Å². The summed E-state index contributed by atoms with van der Waals surface area (Å²) in [5, 5.41) is 0. The highest BCUT2D eigenvalue weighted by Crippen LogP contribution is 2.18. The molecule has 1 aromatic carbocycles. The number of rotatable bonds is 7. The number of benzene rings is 1. The van der Waals surface area contributed by atoms with Gasteiger partial charge in [-0.05, 0) is 49.5 Å². The van der Waals surface area contributed by atoms with Crippen LogP contribution >= 0.6 is 0 Å². The van der Waals surface area contributed by atoms with Gasteiger partial charge >= 0.3 is 0 Å². The molecular formula is C18H27NO. The number of hydrogen-bond acceptors (Lipinski definition) is 2. The van der Waals surface area contributed by atoms with Gasteiger partial charge in [0.2, 0.25) is 0 Å². The van der Waals surface area contributed by atoms with E-state index in [1.54, 1.807) is 7.11 Å². The first-order valence-electron chi connectivity index (χ1n) is 7.44. The molecule has 0 aliphatic rings. The zero-order valence-electron chi connectivity index (χ0n) is 13.4. The Morgan fingerprint density at radius 3 is 2.45 bits per heavy atom. The van der Waals surface area contributed by atoms with Gasteiger partial charge in [0.15, 0.2) is 0 Å². The molecule has 0 aliphatic carbocycles. The number of allylic oxidation sites excluding steroid dienone is 1. The van der Waals surface area contributed by atoms with E-state index in [1.165, 1.54) is 36.1 Å². The van der Waals surface area contributed by atoms with Crippen LogP contribution in [0.15, 0.2) is 35.5 Å². The van der Waals surface area contributed by atoms with Gasteiger partial charge in [0.1, 0.15) is 5.75 Å². The summed E-state index contributed by atoms with van der Waals surface area (Å²) in [5.41, 5.74) is 3.57. The maximum Gasteiger partial charge on any atom is 0.118 e. The van der Waals surface area contributed by atoms with Crippen molar-refractivity contribution in [3.05, 3.63) is 36.0 Å².